The van der Waals surface area contributed by atoms with Crippen LogP contribution in [0.5, 0.6) is 0 Å². The Morgan fingerprint density at radius 1 is 1.06 bits per heavy atom. The smallest absolute Gasteiger partial charge is 0.311 e. The van der Waals surface area contributed by atoms with E-state index in [1.54, 1.807) is 21.0 Å². The van der Waals surface area contributed by atoms with Crippen molar-refractivity contribution in [2.24, 2.45) is 35.5 Å². The Morgan fingerprint density at radius 2 is 1.70 bits per heavy atom. The third kappa shape index (κ3) is 8.61. The van der Waals surface area contributed by atoms with Gasteiger partial charge in [-0.2, -0.15) is 0 Å². The first-order chi connectivity index (χ1) is 21.8. The first-order valence-electron chi connectivity index (χ1n) is 17.2. The molecule has 12 heteroatoms. The molecule has 11 nitrogen and oxygen atoms in total. The van der Waals surface area contributed by atoms with Crippen molar-refractivity contribution < 1.29 is 48.3 Å². The molecule has 3 aliphatic rings. The SMILES string of the molecule is CC[C@H]1OC(=O)[C@H](C)[C@@H](O)[C@H](C)[C@@H](O[C@@H]2O[C@H](C)C[C@H](N(C)C)[C@H]2O)[C@](C)(OC)C[C@@H](C)C(=O)C(C)[C@@H]2C(CSC(C)=O)CO[C@@]21C. The molecule has 0 aromatic carbocycles. The van der Waals surface area contributed by atoms with E-state index in [1.165, 1.54) is 18.7 Å². The molecule has 0 amide bonds. The van der Waals surface area contributed by atoms with E-state index in [4.69, 9.17) is 23.7 Å². The Hall–Kier alpha value is -1.12. The second-order valence-corrected chi connectivity index (χ2v) is 16.2. The molecule has 0 aliphatic carbocycles. The average Bonchev–Trinajstić information content (AvgIpc) is 3.36. The van der Waals surface area contributed by atoms with Gasteiger partial charge in [0.05, 0.1) is 36.4 Å². The van der Waals surface area contributed by atoms with Gasteiger partial charge in [-0.3, -0.25) is 14.4 Å². The summed E-state index contributed by atoms with van der Waals surface area (Å²) in [7, 11) is 5.33. The summed E-state index contributed by atoms with van der Waals surface area (Å²) in [5.74, 6) is -3.17. The molecule has 0 aromatic heterocycles. The van der Waals surface area contributed by atoms with Crippen molar-refractivity contribution >= 4 is 28.6 Å². The standard InChI is InChI=1S/C35H61NO10S/c1-13-26-35(9)27(24(16-43-35)17-47-23(7)37)20(4)28(38)18(2)15-34(8,42-12)31(21(5)29(39)22(6)32(41)45-26)46-33-30(40)25(36(10)11)14-19(3)44-33/h18-22,24-27,29-31,33,39-40H,13-17H2,1-12H3/t18-,19-,20?,21+,22-,24?,25+,26-,27-,29+,30-,31-,33+,34-,35-/m1/s1. The van der Waals surface area contributed by atoms with Gasteiger partial charge < -0.3 is 38.8 Å². The summed E-state index contributed by atoms with van der Waals surface area (Å²) in [6.45, 7) is 16.6. The fourth-order valence-corrected chi connectivity index (χ4v) is 9.20. The van der Waals surface area contributed by atoms with E-state index in [0.717, 1.165) is 0 Å². The highest BCUT2D eigenvalue weighted by molar-refractivity contribution is 8.13. The number of ether oxygens (including phenoxy) is 5. The number of hydrogen-bond donors (Lipinski definition) is 2. The summed E-state index contributed by atoms with van der Waals surface area (Å²) in [4.78, 5) is 42.1. The first kappa shape index (κ1) is 40.3. The summed E-state index contributed by atoms with van der Waals surface area (Å²) < 4.78 is 31.5. The van der Waals surface area contributed by atoms with Crippen molar-refractivity contribution in [2.75, 3.05) is 33.6 Å². The minimum atomic E-state index is -1.22. The number of esters is 1. The summed E-state index contributed by atoms with van der Waals surface area (Å²) in [5.41, 5.74) is -2.11. The summed E-state index contributed by atoms with van der Waals surface area (Å²) in [6.07, 6.45) is -3.72. The van der Waals surface area contributed by atoms with Gasteiger partial charge in [0.1, 0.15) is 23.6 Å². The largest absolute Gasteiger partial charge is 0.459 e. The number of aliphatic hydroxyl groups excluding tert-OH is 2. The Morgan fingerprint density at radius 3 is 2.26 bits per heavy atom. The molecule has 272 valence electrons. The molecule has 3 fully saturated rings. The number of ketones is 1. The number of hydrogen-bond acceptors (Lipinski definition) is 12. The Labute approximate surface area is 286 Å². The molecule has 0 aromatic rings. The van der Waals surface area contributed by atoms with Gasteiger partial charge in [-0.25, -0.2) is 0 Å². The van der Waals surface area contributed by atoms with Gasteiger partial charge in [-0.05, 0) is 67.0 Å². The lowest BCUT2D eigenvalue weighted by Crippen LogP contribution is -2.60. The minimum absolute atomic E-state index is 0.00151. The third-order valence-corrected chi connectivity index (χ3v) is 12.3. The van der Waals surface area contributed by atoms with E-state index in [0.29, 0.717) is 25.2 Å². The number of Topliss-reactive ketones (excluding diaryl/α,β-unsaturated/α-hetero) is 1. The molecule has 0 radical (unpaired) electrons. The van der Waals surface area contributed by atoms with Crippen LogP contribution in [0.1, 0.15) is 81.6 Å². The van der Waals surface area contributed by atoms with Crippen LogP contribution in [-0.2, 0) is 38.1 Å². The van der Waals surface area contributed by atoms with Crippen LogP contribution in [-0.4, -0.2) is 120 Å². The van der Waals surface area contributed by atoms with E-state index in [2.05, 4.69) is 0 Å². The maximum absolute atomic E-state index is 14.4. The Balaban J connectivity index is 2.10. The van der Waals surface area contributed by atoms with Crippen LogP contribution in [0.3, 0.4) is 0 Å². The van der Waals surface area contributed by atoms with Crippen LogP contribution >= 0.6 is 11.8 Å². The van der Waals surface area contributed by atoms with Gasteiger partial charge in [0, 0.05) is 49.5 Å². The second kappa shape index (κ2) is 16.3. The van der Waals surface area contributed by atoms with Crippen molar-refractivity contribution in [3.8, 4) is 0 Å². The second-order valence-electron chi connectivity index (χ2n) is 15.0. The van der Waals surface area contributed by atoms with Crippen LogP contribution in [0.2, 0.25) is 0 Å². The molecule has 3 heterocycles. The third-order valence-electron chi connectivity index (χ3n) is 11.3. The number of thioether (sulfide) groups is 1. The fourth-order valence-electron chi connectivity index (χ4n) is 8.44. The number of methoxy groups -OCH3 is 1. The topological polar surface area (TPSA) is 141 Å². The van der Waals surface area contributed by atoms with Crippen LogP contribution < -0.4 is 0 Å². The number of likely N-dealkylation sites (N-methyl/N-ethyl adjacent to an activating group) is 1. The molecule has 2 unspecified atom stereocenters. The summed E-state index contributed by atoms with van der Waals surface area (Å²) in [6, 6.07) is -0.227. The highest BCUT2D eigenvalue weighted by atomic mass is 32.2. The molecule has 47 heavy (non-hydrogen) atoms. The van der Waals surface area contributed by atoms with E-state index in [9.17, 15) is 24.6 Å². The molecular formula is C35H61NO10S. The molecule has 2 N–H and O–H groups in total. The van der Waals surface area contributed by atoms with Crippen LogP contribution in [0.4, 0.5) is 0 Å². The number of cyclic esters (lactones) is 1. The van der Waals surface area contributed by atoms with Crippen LogP contribution in [0.15, 0.2) is 0 Å². The van der Waals surface area contributed by atoms with Crippen molar-refractivity contribution in [1.82, 2.24) is 4.90 Å². The molecule has 3 saturated heterocycles. The maximum Gasteiger partial charge on any atom is 0.311 e. The highest BCUT2D eigenvalue weighted by Crippen LogP contribution is 2.48. The van der Waals surface area contributed by atoms with Gasteiger partial charge in [0.25, 0.3) is 0 Å². The Kier molecular flexibility index (Phi) is 14.0. The lowest BCUT2D eigenvalue weighted by atomic mass is 9.67. The lowest BCUT2D eigenvalue weighted by molar-refractivity contribution is -0.301. The molecule has 3 rings (SSSR count). The van der Waals surface area contributed by atoms with Gasteiger partial charge >= 0.3 is 5.97 Å². The number of carbonyl (C=O) groups excluding carboxylic acids is 3. The number of aliphatic hydroxyl groups is 2. The zero-order valence-electron chi connectivity index (χ0n) is 30.6. The minimum Gasteiger partial charge on any atom is -0.459 e. The van der Waals surface area contributed by atoms with Crippen LogP contribution in [0.25, 0.3) is 0 Å². The molecule has 0 saturated carbocycles. The van der Waals surface area contributed by atoms with E-state index in [1.807, 2.05) is 60.5 Å². The van der Waals surface area contributed by atoms with E-state index < -0.39 is 71.5 Å². The summed E-state index contributed by atoms with van der Waals surface area (Å²) >= 11 is 1.21. The van der Waals surface area contributed by atoms with Crippen molar-refractivity contribution in [1.29, 1.82) is 0 Å². The quantitative estimate of drug-likeness (QED) is 0.377. The average molecular weight is 688 g/mol. The molecule has 0 spiro atoms. The van der Waals surface area contributed by atoms with Gasteiger partial charge in [-0.15, -0.1) is 0 Å². The van der Waals surface area contributed by atoms with Crippen LogP contribution in [0, 0.1) is 35.5 Å². The van der Waals surface area contributed by atoms with Crippen molar-refractivity contribution in [2.45, 2.75) is 136 Å². The van der Waals surface area contributed by atoms with Crippen molar-refractivity contribution in [3.63, 3.8) is 0 Å². The number of nitrogens with zero attached hydrogens (tertiary/aromatic N) is 1. The first-order valence-corrected chi connectivity index (χ1v) is 18.2. The van der Waals surface area contributed by atoms with E-state index >= 15 is 0 Å². The van der Waals surface area contributed by atoms with Gasteiger partial charge in [0.2, 0.25) is 0 Å². The molecule has 3 aliphatic heterocycles. The fraction of sp³-hybridized carbons (Fsp3) is 0.914. The number of fused-ring (bicyclic) bond motifs is 1. The van der Waals surface area contributed by atoms with E-state index in [-0.39, 0.29) is 41.3 Å². The predicted octanol–water partition coefficient (Wildman–Crippen LogP) is 3.70. The van der Waals surface area contributed by atoms with Gasteiger partial charge in [-0.1, -0.05) is 39.5 Å². The lowest BCUT2D eigenvalue weighted by Gasteiger charge is -2.48. The number of rotatable bonds is 7. The molecular weight excluding hydrogens is 626 g/mol. The zero-order valence-corrected chi connectivity index (χ0v) is 31.4. The molecule has 15 atom stereocenters. The normalized spacial score (nSPS) is 45.7. The maximum atomic E-state index is 14.4. The molecule has 0 bridgehead atoms. The van der Waals surface area contributed by atoms with Crippen molar-refractivity contribution in [3.05, 3.63) is 0 Å². The summed E-state index contributed by atoms with van der Waals surface area (Å²) in [5, 5.41) is 23.1. The zero-order chi connectivity index (χ0) is 35.6. The monoisotopic (exact) mass is 687 g/mol. The number of carbonyl (C=O) groups is 3. The predicted molar refractivity (Wildman–Crippen MR) is 180 cm³/mol. The van der Waals surface area contributed by atoms with Gasteiger partial charge in [0.15, 0.2) is 11.4 Å². The Bertz CT molecular complexity index is 1090. The highest BCUT2D eigenvalue weighted by Gasteiger charge is 2.57.